The number of benzene rings is 1. The van der Waals surface area contributed by atoms with Gasteiger partial charge in [-0.15, -0.1) is 12.4 Å². The van der Waals surface area contributed by atoms with Crippen molar-refractivity contribution in [2.75, 3.05) is 26.2 Å². The van der Waals surface area contributed by atoms with Gasteiger partial charge in [-0.25, -0.2) is 0 Å². The van der Waals surface area contributed by atoms with Crippen LogP contribution in [0.3, 0.4) is 0 Å². The van der Waals surface area contributed by atoms with Crippen LogP contribution in [-0.2, 0) is 4.79 Å². The maximum absolute atomic E-state index is 12.5. The van der Waals surface area contributed by atoms with Gasteiger partial charge < -0.3 is 15.5 Å². The number of halogens is 2. The Morgan fingerprint density at radius 2 is 2.04 bits per heavy atom. The molecule has 24 heavy (non-hydrogen) atoms. The Morgan fingerprint density at radius 1 is 1.33 bits per heavy atom. The highest BCUT2D eigenvalue weighted by atomic mass is 79.9. The fourth-order valence-corrected chi connectivity index (χ4v) is 3.26. The fraction of sp³-hybridized carbons (Fsp3) is 0.529. The van der Waals surface area contributed by atoms with E-state index in [1.165, 1.54) is 0 Å². The summed E-state index contributed by atoms with van der Waals surface area (Å²) in [6.45, 7) is 4.76. The highest BCUT2D eigenvalue weighted by molar-refractivity contribution is 9.10. The van der Waals surface area contributed by atoms with E-state index in [4.69, 9.17) is 0 Å². The number of carbonyl (C=O) groups is 2. The molecule has 2 amide bonds. The smallest absolute Gasteiger partial charge is 0.251 e. The molecule has 1 aromatic rings. The number of hydrogen-bond acceptors (Lipinski definition) is 3. The quantitative estimate of drug-likeness (QED) is 0.746. The topological polar surface area (TPSA) is 61.4 Å². The third-order valence-electron chi connectivity index (χ3n) is 4.02. The minimum Gasteiger partial charge on any atom is -0.343 e. The van der Waals surface area contributed by atoms with E-state index in [1.807, 2.05) is 11.0 Å². The molecule has 7 heteroatoms. The molecule has 0 bridgehead atoms. The van der Waals surface area contributed by atoms with Gasteiger partial charge >= 0.3 is 0 Å². The molecule has 2 N–H and O–H groups in total. The Labute approximate surface area is 158 Å². The zero-order valence-electron chi connectivity index (χ0n) is 13.9. The minimum atomic E-state index is -0.221. The molecule has 0 atom stereocenters. The summed E-state index contributed by atoms with van der Waals surface area (Å²) < 4.78 is 0.846. The van der Waals surface area contributed by atoms with E-state index in [1.54, 1.807) is 18.2 Å². The van der Waals surface area contributed by atoms with Crippen molar-refractivity contribution in [1.29, 1.82) is 0 Å². The van der Waals surface area contributed by atoms with Crippen molar-refractivity contribution in [2.45, 2.75) is 32.2 Å². The van der Waals surface area contributed by atoms with Crippen molar-refractivity contribution < 1.29 is 9.59 Å². The Balaban J connectivity index is 0.00000288. The molecule has 1 aliphatic rings. The molecule has 0 saturated carbocycles. The summed E-state index contributed by atoms with van der Waals surface area (Å²) in [5.41, 5.74) is 0.552. The predicted molar refractivity (Wildman–Crippen MR) is 102 cm³/mol. The summed E-state index contributed by atoms with van der Waals surface area (Å²) in [5.74, 6) is -0.219. The molecule has 1 fully saturated rings. The summed E-state index contributed by atoms with van der Waals surface area (Å²) in [6, 6.07) is 7.44. The summed E-state index contributed by atoms with van der Waals surface area (Å²) in [4.78, 5) is 26.6. The van der Waals surface area contributed by atoms with Crippen LogP contribution in [0.2, 0.25) is 0 Å². The van der Waals surface area contributed by atoms with Gasteiger partial charge in [-0.3, -0.25) is 9.59 Å². The van der Waals surface area contributed by atoms with Crippen LogP contribution in [0.25, 0.3) is 0 Å². The Bertz CT molecular complexity index is 550. The van der Waals surface area contributed by atoms with Gasteiger partial charge in [0.15, 0.2) is 0 Å². The van der Waals surface area contributed by atoms with E-state index in [0.717, 1.165) is 43.4 Å². The Kier molecular flexibility index (Phi) is 9.33. The SMILES string of the molecule is CCCN(C(=O)CNC(=O)c1cccc(Br)c1)C1CCNCC1.Cl. The second-order valence-electron chi connectivity index (χ2n) is 5.76. The molecule has 0 aromatic heterocycles. The molecular weight excluding hydrogens is 394 g/mol. The van der Waals surface area contributed by atoms with Gasteiger partial charge in [0.05, 0.1) is 6.54 Å². The second kappa shape index (κ2) is 10.7. The van der Waals surface area contributed by atoms with Gasteiger partial charge in [-0.05, 0) is 50.6 Å². The van der Waals surface area contributed by atoms with Crippen molar-refractivity contribution in [3.63, 3.8) is 0 Å². The van der Waals surface area contributed by atoms with E-state index in [2.05, 4.69) is 33.5 Å². The molecule has 0 radical (unpaired) electrons. The monoisotopic (exact) mass is 417 g/mol. The Hall–Kier alpha value is -1.11. The second-order valence-corrected chi connectivity index (χ2v) is 6.68. The predicted octanol–water partition coefficient (Wildman–Crippen LogP) is 2.59. The number of nitrogens with zero attached hydrogens (tertiary/aromatic N) is 1. The largest absolute Gasteiger partial charge is 0.343 e. The van der Waals surface area contributed by atoms with Gasteiger partial charge in [0.25, 0.3) is 5.91 Å². The van der Waals surface area contributed by atoms with Crippen LogP contribution in [0.15, 0.2) is 28.7 Å². The first kappa shape index (κ1) is 20.9. The van der Waals surface area contributed by atoms with Gasteiger partial charge in [0, 0.05) is 22.6 Å². The lowest BCUT2D eigenvalue weighted by Crippen LogP contribution is -2.49. The fourth-order valence-electron chi connectivity index (χ4n) is 2.86. The van der Waals surface area contributed by atoms with Gasteiger partial charge in [-0.1, -0.05) is 28.9 Å². The number of piperidine rings is 1. The van der Waals surface area contributed by atoms with Crippen LogP contribution in [-0.4, -0.2) is 48.9 Å². The normalized spacial score (nSPS) is 14.6. The number of nitrogens with one attached hydrogen (secondary N) is 2. The zero-order chi connectivity index (χ0) is 16.7. The first-order valence-electron chi connectivity index (χ1n) is 8.15. The zero-order valence-corrected chi connectivity index (χ0v) is 16.3. The molecule has 1 heterocycles. The first-order valence-corrected chi connectivity index (χ1v) is 8.95. The van der Waals surface area contributed by atoms with Crippen LogP contribution in [0, 0.1) is 0 Å². The maximum atomic E-state index is 12.5. The number of carbonyl (C=O) groups excluding carboxylic acids is 2. The molecule has 0 unspecified atom stereocenters. The highest BCUT2D eigenvalue weighted by Crippen LogP contribution is 2.13. The maximum Gasteiger partial charge on any atom is 0.251 e. The lowest BCUT2D eigenvalue weighted by Gasteiger charge is -2.34. The van der Waals surface area contributed by atoms with Crippen LogP contribution < -0.4 is 10.6 Å². The molecule has 2 rings (SSSR count). The number of rotatable bonds is 6. The average Bonchev–Trinajstić information content (AvgIpc) is 2.58. The van der Waals surface area contributed by atoms with Crippen LogP contribution in [0.5, 0.6) is 0 Å². The molecule has 0 spiro atoms. The van der Waals surface area contributed by atoms with Crippen molar-refractivity contribution in [3.8, 4) is 0 Å². The summed E-state index contributed by atoms with van der Waals surface area (Å²) in [5, 5.41) is 6.05. The minimum absolute atomic E-state index is 0. The van der Waals surface area contributed by atoms with Crippen LogP contribution >= 0.6 is 28.3 Å². The van der Waals surface area contributed by atoms with Crippen molar-refractivity contribution in [2.24, 2.45) is 0 Å². The van der Waals surface area contributed by atoms with E-state index in [9.17, 15) is 9.59 Å². The first-order chi connectivity index (χ1) is 11.1. The van der Waals surface area contributed by atoms with Gasteiger partial charge in [0.2, 0.25) is 5.91 Å². The molecule has 0 aliphatic carbocycles. The lowest BCUT2D eigenvalue weighted by atomic mass is 10.0. The molecule has 134 valence electrons. The van der Waals surface area contributed by atoms with Crippen LogP contribution in [0.4, 0.5) is 0 Å². The van der Waals surface area contributed by atoms with Crippen molar-refractivity contribution in [3.05, 3.63) is 34.3 Å². The third-order valence-corrected chi connectivity index (χ3v) is 4.51. The van der Waals surface area contributed by atoms with E-state index < -0.39 is 0 Å². The molecular formula is C17H25BrClN3O2. The molecule has 1 aliphatic heterocycles. The average molecular weight is 419 g/mol. The van der Waals surface area contributed by atoms with Crippen molar-refractivity contribution >= 4 is 40.2 Å². The summed E-state index contributed by atoms with van der Waals surface area (Å²) >= 11 is 3.35. The van der Waals surface area contributed by atoms with E-state index in [-0.39, 0.29) is 36.8 Å². The standard InChI is InChI=1S/C17H24BrN3O2.ClH/c1-2-10-21(15-6-8-19-9-7-15)16(22)12-20-17(23)13-4-3-5-14(18)11-13;/h3-5,11,15,19H,2,6-10,12H2,1H3,(H,20,23);1H. The Morgan fingerprint density at radius 3 is 2.67 bits per heavy atom. The van der Waals surface area contributed by atoms with E-state index >= 15 is 0 Å². The lowest BCUT2D eigenvalue weighted by molar-refractivity contribution is -0.133. The number of amides is 2. The molecule has 1 aromatic carbocycles. The van der Waals surface area contributed by atoms with Crippen LogP contribution in [0.1, 0.15) is 36.5 Å². The van der Waals surface area contributed by atoms with E-state index in [0.29, 0.717) is 5.56 Å². The molecule has 1 saturated heterocycles. The highest BCUT2D eigenvalue weighted by Gasteiger charge is 2.24. The van der Waals surface area contributed by atoms with Gasteiger partial charge in [-0.2, -0.15) is 0 Å². The molecule has 5 nitrogen and oxygen atoms in total. The summed E-state index contributed by atoms with van der Waals surface area (Å²) in [7, 11) is 0. The number of hydrogen-bond donors (Lipinski definition) is 2. The summed E-state index contributed by atoms with van der Waals surface area (Å²) in [6.07, 6.45) is 2.88. The van der Waals surface area contributed by atoms with Gasteiger partial charge in [0.1, 0.15) is 0 Å². The third kappa shape index (κ3) is 6.07. The van der Waals surface area contributed by atoms with Crippen molar-refractivity contribution in [1.82, 2.24) is 15.5 Å².